The van der Waals surface area contributed by atoms with Crippen LogP contribution in [0.2, 0.25) is 0 Å². The maximum atomic E-state index is 13.2. The first-order valence-electron chi connectivity index (χ1n) is 5.84. The molecule has 1 atom stereocenters. The van der Waals surface area contributed by atoms with E-state index in [1.165, 1.54) is 12.1 Å². The molecule has 0 amide bonds. The molecular formula is C13H19F2NS. The molecule has 1 rings (SSSR count). The summed E-state index contributed by atoms with van der Waals surface area (Å²) in [6.45, 7) is 6.99. The highest BCUT2D eigenvalue weighted by Gasteiger charge is 2.13. The van der Waals surface area contributed by atoms with E-state index in [0.29, 0.717) is 10.8 Å². The molecule has 0 fully saturated rings. The minimum Gasteiger partial charge on any atom is -0.310 e. The van der Waals surface area contributed by atoms with E-state index in [9.17, 15) is 8.78 Å². The number of benzene rings is 1. The van der Waals surface area contributed by atoms with E-state index in [1.807, 2.05) is 6.92 Å². The summed E-state index contributed by atoms with van der Waals surface area (Å²) in [6, 6.07) is 3.70. The van der Waals surface area contributed by atoms with Gasteiger partial charge < -0.3 is 5.32 Å². The quantitative estimate of drug-likeness (QED) is 0.835. The van der Waals surface area contributed by atoms with E-state index < -0.39 is 11.6 Å². The van der Waals surface area contributed by atoms with Crippen LogP contribution < -0.4 is 5.32 Å². The van der Waals surface area contributed by atoms with Gasteiger partial charge in [0.25, 0.3) is 0 Å². The van der Waals surface area contributed by atoms with Crippen molar-refractivity contribution in [2.75, 3.05) is 12.3 Å². The van der Waals surface area contributed by atoms with Gasteiger partial charge in [-0.15, -0.1) is 0 Å². The van der Waals surface area contributed by atoms with Crippen molar-refractivity contribution >= 4 is 11.8 Å². The van der Waals surface area contributed by atoms with Gasteiger partial charge in [0.05, 0.1) is 0 Å². The Hall–Kier alpha value is -0.610. The van der Waals surface area contributed by atoms with Crippen LogP contribution >= 0.6 is 11.8 Å². The van der Waals surface area contributed by atoms with Gasteiger partial charge in [-0.25, -0.2) is 8.78 Å². The van der Waals surface area contributed by atoms with Crippen molar-refractivity contribution in [1.82, 2.24) is 5.32 Å². The molecule has 1 nitrogen and oxygen atoms in total. The van der Waals surface area contributed by atoms with Crippen molar-refractivity contribution in [3.05, 3.63) is 35.4 Å². The third-order valence-electron chi connectivity index (χ3n) is 2.33. The SMILES string of the molecule is CCNC(CSC(C)C)c1cc(F)cc(F)c1. The van der Waals surface area contributed by atoms with E-state index in [-0.39, 0.29) is 6.04 Å². The third kappa shape index (κ3) is 5.04. The molecule has 1 aromatic carbocycles. The fraction of sp³-hybridized carbons (Fsp3) is 0.538. The number of hydrogen-bond donors (Lipinski definition) is 1. The van der Waals surface area contributed by atoms with Crippen LogP contribution in [0.1, 0.15) is 32.4 Å². The van der Waals surface area contributed by atoms with Crippen LogP contribution in [0, 0.1) is 11.6 Å². The van der Waals surface area contributed by atoms with Crippen molar-refractivity contribution in [1.29, 1.82) is 0 Å². The van der Waals surface area contributed by atoms with Crippen LogP contribution in [0.3, 0.4) is 0 Å². The Balaban J connectivity index is 2.80. The Morgan fingerprint density at radius 3 is 2.24 bits per heavy atom. The Bertz CT molecular complexity index is 335. The van der Waals surface area contributed by atoms with Crippen LogP contribution in [-0.4, -0.2) is 17.5 Å². The minimum atomic E-state index is -0.516. The number of rotatable bonds is 6. The zero-order chi connectivity index (χ0) is 12.8. The van der Waals surface area contributed by atoms with Crippen LogP contribution in [0.15, 0.2) is 18.2 Å². The standard InChI is InChI=1S/C13H19F2NS/c1-4-16-13(8-17-9(2)3)10-5-11(14)7-12(15)6-10/h5-7,9,13,16H,4,8H2,1-3H3. The van der Waals surface area contributed by atoms with Crippen LogP contribution in [0.5, 0.6) is 0 Å². The summed E-state index contributed by atoms with van der Waals surface area (Å²) >= 11 is 1.78. The third-order valence-corrected chi connectivity index (χ3v) is 3.53. The van der Waals surface area contributed by atoms with Crippen molar-refractivity contribution in [3.63, 3.8) is 0 Å². The van der Waals surface area contributed by atoms with Crippen molar-refractivity contribution in [3.8, 4) is 0 Å². The first-order valence-corrected chi connectivity index (χ1v) is 6.88. The molecule has 96 valence electrons. The second-order valence-electron chi connectivity index (χ2n) is 4.20. The zero-order valence-electron chi connectivity index (χ0n) is 10.5. The molecule has 4 heteroatoms. The summed E-state index contributed by atoms with van der Waals surface area (Å²) in [5.41, 5.74) is 0.678. The lowest BCUT2D eigenvalue weighted by Crippen LogP contribution is -2.23. The van der Waals surface area contributed by atoms with E-state index in [1.54, 1.807) is 11.8 Å². The lowest BCUT2D eigenvalue weighted by molar-refractivity contribution is 0.558. The van der Waals surface area contributed by atoms with E-state index in [4.69, 9.17) is 0 Å². The lowest BCUT2D eigenvalue weighted by Gasteiger charge is -2.19. The van der Waals surface area contributed by atoms with E-state index >= 15 is 0 Å². The topological polar surface area (TPSA) is 12.0 Å². The number of nitrogens with one attached hydrogen (secondary N) is 1. The Morgan fingerprint density at radius 2 is 1.76 bits per heavy atom. The molecule has 0 aliphatic rings. The van der Waals surface area contributed by atoms with Gasteiger partial charge in [0, 0.05) is 17.9 Å². The second kappa shape index (κ2) is 6.97. The van der Waals surface area contributed by atoms with Crippen LogP contribution in [0.25, 0.3) is 0 Å². The van der Waals surface area contributed by atoms with Gasteiger partial charge in [-0.2, -0.15) is 11.8 Å². The number of halogens is 2. The lowest BCUT2D eigenvalue weighted by atomic mass is 10.1. The summed E-state index contributed by atoms with van der Waals surface area (Å²) in [5.74, 6) is -0.219. The highest BCUT2D eigenvalue weighted by atomic mass is 32.2. The minimum absolute atomic E-state index is 0.00222. The number of thioether (sulfide) groups is 1. The maximum absolute atomic E-state index is 13.2. The van der Waals surface area contributed by atoms with Gasteiger partial charge in [-0.3, -0.25) is 0 Å². The first-order chi connectivity index (χ1) is 8.02. The summed E-state index contributed by atoms with van der Waals surface area (Å²) in [7, 11) is 0. The molecule has 0 radical (unpaired) electrons. The molecule has 17 heavy (non-hydrogen) atoms. The largest absolute Gasteiger partial charge is 0.310 e. The number of hydrogen-bond acceptors (Lipinski definition) is 2. The summed E-state index contributed by atoms with van der Waals surface area (Å²) in [6.07, 6.45) is 0. The van der Waals surface area contributed by atoms with Gasteiger partial charge in [-0.05, 0) is 29.5 Å². The van der Waals surface area contributed by atoms with E-state index in [2.05, 4.69) is 19.2 Å². The van der Waals surface area contributed by atoms with Crippen molar-refractivity contribution in [2.24, 2.45) is 0 Å². The Kier molecular flexibility index (Phi) is 5.92. The highest BCUT2D eigenvalue weighted by molar-refractivity contribution is 7.99. The van der Waals surface area contributed by atoms with Gasteiger partial charge >= 0.3 is 0 Å². The van der Waals surface area contributed by atoms with Crippen LogP contribution in [0.4, 0.5) is 8.78 Å². The van der Waals surface area contributed by atoms with Gasteiger partial charge in [0.1, 0.15) is 11.6 Å². The molecule has 0 aliphatic heterocycles. The molecule has 0 aromatic heterocycles. The average Bonchev–Trinajstić information content (AvgIpc) is 2.22. The van der Waals surface area contributed by atoms with Crippen LogP contribution in [-0.2, 0) is 0 Å². The molecule has 0 aliphatic carbocycles. The molecule has 0 saturated heterocycles. The van der Waals surface area contributed by atoms with E-state index in [0.717, 1.165) is 18.4 Å². The molecule has 0 saturated carbocycles. The molecule has 1 N–H and O–H groups in total. The summed E-state index contributed by atoms with van der Waals surface area (Å²) in [5, 5.41) is 3.76. The fourth-order valence-corrected chi connectivity index (χ4v) is 2.47. The van der Waals surface area contributed by atoms with Gasteiger partial charge in [-0.1, -0.05) is 20.8 Å². The molecule has 1 unspecified atom stereocenters. The highest BCUT2D eigenvalue weighted by Crippen LogP contribution is 2.22. The Morgan fingerprint density at radius 1 is 1.18 bits per heavy atom. The maximum Gasteiger partial charge on any atom is 0.126 e. The normalized spacial score (nSPS) is 13.1. The zero-order valence-corrected chi connectivity index (χ0v) is 11.3. The molecule has 0 spiro atoms. The fourth-order valence-electron chi connectivity index (χ4n) is 1.58. The monoisotopic (exact) mass is 259 g/mol. The van der Waals surface area contributed by atoms with Crippen molar-refractivity contribution in [2.45, 2.75) is 32.1 Å². The first kappa shape index (κ1) is 14.5. The molecule has 0 bridgehead atoms. The molecular weight excluding hydrogens is 240 g/mol. The Labute approximate surface area is 106 Å². The molecule has 1 aromatic rings. The van der Waals surface area contributed by atoms with Crippen molar-refractivity contribution < 1.29 is 8.78 Å². The average molecular weight is 259 g/mol. The second-order valence-corrected chi connectivity index (χ2v) is 5.80. The smallest absolute Gasteiger partial charge is 0.126 e. The predicted molar refractivity (Wildman–Crippen MR) is 70.4 cm³/mol. The molecule has 0 heterocycles. The van der Waals surface area contributed by atoms with Gasteiger partial charge in [0.2, 0.25) is 0 Å². The van der Waals surface area contributed by atoms with Gasteiger partial charge in [0.15, 0.2) is 0 Å². The predicted octanol–water partition coefficient (Wildman–Crippen LogP) is 3.76. The summed E-state index contributed by atoms with van der Waals surface area (Å²) < 4.78 is 26.3. The summed E-state index contributed by atoms with van der Waals surface area (Å²) in [4.78, 5) is 0.